The van der Waals surface area contributed by atoms with Gasteiger partial charge in [-0.05, 0) is 31.0 Å². The Bertz CT molecular complexity index is 428. The lowest BCUT2D eigenvalue weighted by Gasteiger charge is -2.24. The van der Waals surface area contributed by atoms with E-state index in [1.54, 1.807) is 12.1 Å². The van der Waals surface area contributed by atoms with Crippen LogP contribution in [0.5, 0.6) is 0 Å². The van der Waals surface area contributed by atoms with Gasteiger partial charge in [-0.1, -0.05) is 26.7 Å². The van der Waals surface area contributed by atoms with E-state index in [1.807, 2.05) is 6.07 Å². The third-order valence-corrected chi connectivity index (χ3v) is 3.59. The van der Waals surface area contributed by atoms with Crippen LogP contribution in [-0.2, 0) is 4.74 Å². The van der Waals surface area contributed by atoms with E-state index in [2.05, 4.69) is 26.1 Å². The first-order valence-electron chi connectivity index (χ1n) is 6.77. The second kappa shape index (κ2) is 7.02. The van der Waals surface area contributed by atoms with Gasteiger partial charge in [0.2, 0.25) is 0 Å². The average Bonchev–Trinajstić information content (AvgIpc) is 2.41. The molecule has 0 aliphatic rings. The summed E-state index contributed by atoms with van der Waals surface area (Å²) < 4.78 is 4.79. The van der Waals surface area contributed by atoms with E-state index in [0.29, 0.717) is 23.2 Å². The van der Waals surface area contributed by atoms with Crippen molar-refractivity contribution in [3.05, 3.63) is 23.8 Å². The molecule has 0 heterocycles. The summed E-state index contributed by atoms with van der Waals surface area (Å²) in [5.41, 5.74) is 7.55. The minimum absolute atomic E-state index is 0.294. The third-order valence-electron chi connectivity index (χ3n) is 3.59. The molecule has 1 aromatic rings. The Kier molecular flexibility index (Phi) is 5.67. The van der Waals surface area contributed by atoms with Gasteiger partial charge in [-0.15, -0.1) is 0 Å². The monoisotopic (exact) mass is 264 g/mol. The summed E-state index contributed by atoms with van der Waals surface area (Å²) in [5.74, 6) is 0.203. The molecule has 1 unspecified atom stereocenters. The predicted molar refractivity (Wildman–Crippen MR) is 79.4 cm³/mol. The van der Waals surface area contributed by atoms with Gasteiger partial charge in [-0.25, -0.2) is 4.79 Å². The molecule has 106 valence electrons. The van der Waals surface area contributed by atoms with Gasteiger partial charge in [-0.3, -0.25) is 0 Å². The van der Waals surface area contributed by atoms with Crippen LogP contribution in [0.3, 0.4) is 0 Å². The van der Waals surface area contributed by atoms with Crippen LogP contribution in [0.25, 0.3) is 0 Å². The molecule has 0 saturated heterocycles. The molecule has 19 heavy (non-hydrogen) atoms. The van der Waals surface area contributed by atoms with E-state index in [-0.39, 0.29) is 5.97 Å². The van der Waals surface area contributed by atoms with Crippen molar-refractivity contribution in [3.63, 3.8) is 0 Å². The number of esters is 1. The largest absolute Gasteiger partial charge is 0.465 e. The Labute approximate surface area is 115 Å². The number of hydrogen-bond donors (Lipinski definition) is 2. The molecule has 0 aliphatic carbocycles. The summed E-state index contributed by atoms with van der Waals surface area (Å²) in [6.45, 7) is 6.49. The second-order valence-electron chi connectivity index (χ2n) is 4.81. The fraction of sp³-hybridized carbons (Fsp3) is 0.533. The van der Waals surface area contributed by atoms with E-state index in [0.717, 1.165) is 18.5 Å². The minimum Gasteiger partial charge on any atom is -0.465 e. The number of carbonyl (C=O) groups excluding carboxylic acids is 1. The number of hydrogen-bond acceptors (Lipinski definition) is 4. The second-order valence-corrected chi connectivity index (χ2v) is 4.81. The molecule has 0 aliphatic heterocycles. The molecule has 1 rings (SSSR count). The first kappa shape index (κ1) is 15.3. The lowest BCUT2D eigenvalue weighted by atomic mass is 9.95. The van der Waals surface area contributed by atoms with Gasteiger partial charge in [0.15, 0.2) is 0 Å². The molecule has 0 amide bonds. The van der Waals surface area contributed by atoms with Crippen LogP contribution in [0.15, 0.2) is 18.2 Å². The Morgan fingerprint density at radius 1 is 1.37 bits per heavy atom. The molecule has 4 nitrogen and oxygen atoms in total. The highest BCUT2D eigenvalue weighted by Crippen LogP contribution is 2.23. The first-order chi connectivity index (χ1) is 9.03. The maximum Gasteiger partial charge on any atom is 0.340 e. The van der Waals surface area contributed by atoms with Crippen molar-refractivity contribution in [3.8, 4) is 0 Å². The highest BCUT2D eigenvalue weighted by Gasteiger charge is 2.17. The number of nitrogen functional groups attached to an aromatic ring is 1. The number of anilines is 2. The zero-order valence-electron chi connectivity index (χ0n) is 12.2. The fourth-order valence-electron chi connectivity index (χ4n) is 2.33. The molecule has 1 atom stereocenters. The molecule has 0 radical (unpaired) electrons. The molecule has 3 N–H and O–H groups in total. The minimum atomic E-state index is -0.369. The van der Waals surface area contributed by atoms with Crippen molar-refractivity contribution in [1.82, 2.24) is 0 Å². The summed E-state index contributed by atoms with van der Waals surface area (Å²) >= 11 is 0. The van der Waals surface area contributed by atoms with Crippen molar-refractivity contribution in [2.75, 3.05) is 18.2 Å². The maximum atomic E-state index is 11.8. The maximum absolute atomic E-state index is 11.8. The van der Waals surface area contributed by atoms with Crippen molar-refractivity contribution < 1.29 is 9.53 Å². The molecule has 0 aromatic heterocycles. The van der Waals surface area contributed by atoms with Crippen LogP contribution in [0.1, 0.15) is 44.0 Å². The lowest BCUT2D eigenvalue weighted by molar-refractivity contribution is 0.0602. The number of carbonyl (C=O) groups is 1. The topological polar surface area (TPSA) is 64.3 Å². The van der Waals surface area contributed by atoms with Gasteiger partial charge in [0.1, 0.15) is 0 Å². The number of ether oxygens (including phenoxy) is 1. The van der Waals surface area contributed by atoms with Crippen LogP contribution in [-0.4, -0.2) is 19.1 Å². The summed E-state index contributed by atoms with van der Waals surface area (Å²) in [5, 5.41) is 3.40. The number of rotatable bonds is 6. The molecule has 0 bridgehead atoms. The number of methoxy groups -OCH3 is 1. The summed E-state index contributed by atoms with van der Waals surface area (Å²) in [7, 11) is 1.37. The number of benzene rings is 1. The highest BCUT2D eigenvalue weighted by atomic mass is 16.5. The van der Waals surface area contributed by atoms with Gasteiger partial charge in [0, 0.05) is 17.4 Å². The predicted octanol–water partition coefficient (Wildman–Crippen LogP) is 3.29. The molecule has 1 aromatic carbocycles. The normalized spacial score (nSPS) is 12.3. The molecule has 0 spiro atoms. The van der Waals surface area contributed by atoms with E-state index in [1.165, 1.54) is 7.11 Å². The number of nitrogens with two attached hydrogens (primary N) is 1. The lowest BCUT2D eigenvalue weighted by Crippen LogP contribution is -2.26. The van der Waals surface area contributed by atoms with E-state index in [4.69, 9.17) is 10.5 Å². The van der Waals surface area contributed by atoms with Gasteiger partial charge in [0.25, 0.3) is 0 Å². The van der Waals surface area contributed by atoms with Crippen LogP contribution in [0.4, 0.5) is 11.4 Å². The quantitative estimate of drug-likeness (QED) is 0.611. The third kappa shape index (κ3) is 3.88. The Balaban J connectivity index is 2.97. The van der Waals surface area contributed by atoms with Crippen molar-refractivity contribution in [2.24, 2.45) is 5.92 Å². The van der Waals surface area contributed by atoms with Gasteiger partial charge in [-0.2, -0.15) is 0 Å². The molecule has 0 saturated carbocycles. The summed E-state index contributed by atoms with van der Waals surface area (Å²) in [4.78, 5) is 11.8. The Morgan fingerprint density at radius 3 is 2.53 bits per heavy atom. The standard InChI is InChI=1S/C15H24N2O2/c1-5-11(6-2)10(3)17-14-8-7-12(16)9-13(14)15(18)19-4/h7-11,17H,5-6,16H2,1-4H3. The van der Waals surface area contributed by atoms with Gasteiger partial charge < -0.3 is 15.8 Å². The van der Waals surface area contributed by atoms with E-state index < -0.39 is 0 Å². The Morgan fingerprint density at radius 2 is 2.00 bits per heavy atom. The van der Waals surface area contributed by atoms with Crippen molar-refractivity contribution in [2.45, 2.75) is 39.7 Å². The van der Waals surface area contributed by atoms with Crippen LogP contribution in [0.2, 0.25) is 0 Å². The summed E-state index contributed by atoms with van der Waals surface area (Å²) in [6.07, 6.45) is 2.21. The van der Waals surface area contributed by atoms with Crippen molar-refractivity contribution in [1.29, 1.82) is 0 Å². The summed E-state index contributed by atoms with van der Waals surface area (Å²) in [6, 6.07) is 5.56. The fourth-order valence-corrected chi connectivity index (χ4v) is 2.33. The van der Waals surface area contributed by atoms with E-state index in [9.17, 15) is 4.79 Å². The first-order valence-corrected chi connectivity index (χ1v) is 6.77. The SMILES string of the molecule is CCC(CC)C(C)Nc1ccc(N)cc1C(=O)OC. The zero-order valence-corrected chi connectivity index (χ0v) is 12.2. The highest BCUT2D eigenvalue weighted by molar-refractivity contribution is 5.96. The van der Waals surface area contributed by atoms with Crippen LogP contribution >= 0.6 is 0 Å². The van der Waals surface area contributed by atoms with Crippen LogP contribution in [0, 0.1) is 5.92 Å². The van der Waals surface area contributed by atoms with Crippen molar-refractivity contribution >= 4 is 17.3 Å². The number of nitrogens with one attached hydrogen (secondary N) is 1. The Hall–Kier alpha value is -1.71. The molecule has 4 heteroatoms. The van der Waals surface area contributed by atoms with Gasteiger partial charge in [0.05, 0.1) is 12.7 Å². The molecular formula is C15H24N2O2. The smallest absolute Gasteiger partial charge is 0.340 e. The van der Waals surface area contributed by atoms with E-state index >= 15 is 0 Å². The zero-order chi connectivity index (χ0) is 14.4. The van der Waals surface area contributed by atoms with Gasteiger partial charge >= 0.3 is 5.97 Å². The molecular weight excluding hydrogens is 240 g/mol. The average molecular weight is 264 g/mol. The van der Waals surface area contributed by atoms with Crippen LogP contribution < -0.4 is 11.1 Å². The molecule has 0 fully saturated rings.